The molecule has 0 radical (unpaired) electrons. The van der Waals surface area contributed by atoms with Crippen LogP contribution in [0.25, 0.3) is 0 Å². The molecule has 3 saturated heterocycles. The molecule has 0 aliphatic carbocycles. The maximum atomic E-state index is 13.1. The minimum atomic E-state index is 0.192. The lowest BCUT2D eigenvalue weighted by Gasteiger charge is -2.42. The molecule has 6 nitrogen and oxygen atoms in total. The van der Waals surface area contributed by atoms with Gasteiger partial charge in [-0.25, -0.2) is 0 Å². The van der Waals surface area contributed by atoms with Crippen LogP contribution in [0.4, 0.5) is 0 Å². The Morgan fingerprint density at radius 1 is 1.00 bits per heavy atom. The highest BCUT2D eigenvalue weighted by Crippen LogP contribution is 2.25. The summed E-state index contributed by atoms with van der Waals surface area (Å²) in [6.45, 7) is 9.78. The number of carbonyl (C=O) groups is 1. The summed E-state index contributed by atoms with van der Waals surface area (Å²) in [7, 11) is 2.01. The van der Waals surface area contributed by atoms with Gasteiger partial charge < -0.3 is 9.80 Å². The summed E-state index contributed by atoms with van der Waals surface area (Å²) in [6, 6.07) is 4.88. The summed E-state index contributed by atoms with van der Waals surface area (Å²) in [6.07, 6.45) is 11.1. The topological polar surface area (TPSA) is 42.9 Å². The first-order valence-electron chi connectivity index (χ1n) is 12.0. The molecule has 0 N–H and O–H groups in total. The Balaban J connectivity index is 1.21. The first kappa shape index (κ1) is 21.7. The van der Waals surface area contributed by atoms with Crippen molar-refractivity contribution in [2.45, 2.75) is 51.1 Å². The number of aromatic nitrogens is 1. The number of amides is 1. The van der Waals surface area contributed by atoms with Crippen LogP contribution in [0.2, 0.25) is 0 Å². The van der Waals surface area contributed by atoms with E-state index in [2.05, 4.69) is 31.8 Å². The van der Waals surface area contributed by atoms with Crippen molar-refractivity contribution in [1.82, 2.24) is 24.6 Å². The van der Waals surface area contributed by atoms with Crippen molar-refractivity contribution in [3.8, 4) is 0 Å². The lowest BCUT2D eigenvalue weighted by Crippen LogP contribution is -2.51. The van der Waals surface area contributed by atoms with Gasteiger partial charge in [-0.3, -0.25) is 19.6 Å². The van der Waals surface area contributed by atoms with Crippen LogP contribution in [0.5, 0.6) is 0 Å². The number of piperidine rings is 2. The normalized spacial score (nSPS) is 24.9. The highest BCUT2D eigenvalue weighted by atomic mass is 16.2. The predicted molar refractivity (Wildman–Crippen MR) is 120 cm³/mol. The van der Waals surface area contributed by atoms with E-state index < -0.39 is 0 Å². The van der Waals surface area contributed by atoms with E-state index in [0.717, 1.165) is 58.7 Å². The fraction of sp³-hybridized carbons (Fsp3) is 0.750. The average Bonchev–Trinajstić information content (AvgIpc) is 3.32. The van der Waals surface area contributed by atoms with E-state index in [-0.39, 0.29) is 5.92 Å². The van der Waals surface area contributed by atoms with Crippen molar-refractivity contribution >= 4 is 5.91 Å². The predicted octanol–water partition coefficient (Wildman–Crippen LogP) is 2.31. The van der Waals surface area contributed by atoms with Gasteiger partial charge in [0.1, 0.15) is 0 Å². The molecule has 6 heteroatoms. The third-order valence-electron chi connectivity index (χ3n) is 7.36. The lowest BCUT2D eigenvalue weighted by atomic mass is 9.93. The maximum absolute atomic E-state index is 13.1. The second-order valence-corrected chi connectivity index (χ2v) is 9.51. The molecule has 0 aromatic carbocycles. The van der Waals surface area contributed by atoms with E-state index in [0.29, 0.717) is 11.9 Å². The van der Waals surface area contributed by atoms with Crippen molar-refractivity contribution in [3.63, 3.8) is 0 Å². The molecule has 1 aromatic heterocycles. The fourth-order valence-corrected chi connectivity index (χ4v) is 5.45. The van der Waals surface area contributed by atoms with Crippen LogP contribution in [-0.4, -0.2) is 95.9 Å². The highest BCUT2D eigenvalue weighted by Gasteiger charge is 2.32. The summed E-state index contributed by atoms with van der Waals surface area (Å²) in [5.41, 5.74) is 1.35. The third-order valence-corrected chi connectivity index (χ3v) is 7.36. The number of rotatable bonds is 7. The van der Waals surface area contributed by atoms with Gasteiger partial charge in [-0.05, 0) is 88.9 Å². The van der Waals surface area contributed by atoms with Crippen molar-refractivity contribution in [3.05, 3.63) is 30.1 Å². The summed E-state index contributed by atoms with van der Waals surface area (Å²) in [4.78, 5) is 26.9. The zero-order chi connectivity index (χ0) is 20.8. The number of pyridine rings is 1. The van der Waals surface area contributed by atoms with Gasteiger partial charge in [0.2, 0.25) is 5.91 Å². The Labute approximate surface area is 182 Å². The summed E-state index contributed by atoms with van der Waals surface area (Å²) in [5.74, 6) is 0.561. The molecule has 0 unspecified atom stereocenters. The Morgan fingerprint density at radius 2 is 1.73 bits per heavy atom. The van der Waals surface area contributed by atoms with Gasteiger partial charge in [0.25, 0.3) is 0 Å². The van der Waals surface area contributed by atoms with Gasteiger partial charge >= 0.3 is 0 Å². The molecule has 0 saturated carbocycles. The molecular formula is C24H39N5O. The SMILES string of the molecule is CN(CCN1CCCC1)C(=O)[C@H]1CCCN(C2CCN(Cc3ccncc3)CC2)C1. The van der Waals surface area contributed by atoms with Gasteiger partial charge in [0.05, 0.1) is 5.92 Å². The molecule has 1 aromatic rings. The number of likely N-dealkylation sites (N-methyl/N-ethyl adjacent to an activating group) is 1. The van der Waals surface area contributed by atoms with E-state index in [9.17, 15) is 4.79 Å². The van der Waals surface area contributed by atoms with Crippen LogP contribution in [-0.2, 0) is 11.3 Å². The van der Waals surface area contributed by atoms with Crippen LogP contribution >= 0.6 is 0 Å². The first-order valence-corrected chi connectivity index (χ1v) is 12.0. The van der Waals surface area contributed by atoms with Crippen LogP contribution in [0.1, 0.15) is 44.1 Å². The average molecular weight is 414 g/mol. The Kier molecular flexibility index (Phi) is 7.74. The zero-order valence-electron chi connectivity index (χ0n) is 18.7. The molecule has 4 rings (SSSR count). The molecule has 3 fully saturated rings. The molecule has 3 aliphatic rings. The molecule has 30 heavy (non-hydrogen) atoms. The van der Waals surface area contributed by atoms with E-state index in [1.807, 2.05) is 24.3 Å². The number of nitrogens with zero attached hydrogens (tertiary/aromatic N) is 5. The van der Waals surface area contributed by atoms with Gasteiger partial charge in [0, 0.05) is 51.7 Å². The maximum Gasteiger partial charge on any atom is 0.226 e. The van der Waals surface area contributed by atoms with E-state index in [1.54, 1.807) is 0 Å². The van der Waals surface area contributed by atoms with Gasteiger partial charge in [0.15, 0.2) is 0 Å². The van der Waals surface area contributed by atoms with Crippen molar-refractivity contribution in [1.29, 1.82) is 0 Å². The highest BCUT2D eigenvalue weighted by molar-refractivity contribution is 5.78. The van der Waals surface area contributed by atoms with E-state index in [1.165, 1.54) is 44.3 Å². The molecule has 0 spiro atoms. The molecular weight excluding hydrogens is 374 g/mol. The van der Waals surface area contributed by atoms with Gasteiger partial charge in [-0.15, -0.1) is 0 Å². The molecule has 4 heterocycles. The molecule has 166 valence electrons. The zero-order valence-corrected chi connectivity index (χ0v) is 18.7. The molecule has 1 atom stereocenters. The van der Waals surface area contributed by atoms with E-state index >= 15 is 0 Å². The fourth-order valence-electron chi connectivity index (χ4n) is 5.45. The first-order chi connectivity index (χ1) is 14.7. The number of hydrogen-bond acceptors (Lipinski definition) is 5. The summed E-state index contributed by atoms with van der Waals surface area (Å²) < 4.78 is 0. The van der Waals surface area contributed by atoms with Crippen LogP contribution in [0.15, 0.2) is 24.5 Å². The number of carbonyl (C=O) groups excluding carboxylic acids is 1. The van der Waals surface area contributed by atoms with Gasteiger partial charge in [-0.2, -0.15) is 0 Å². The Bertz CT molecular complexity index is 655. The summed E-state index contributed by atoms with van der Waals surface area (Å²) in [5, 5.41) is 0. The summed E-state index contributed by atoms with van der Waals surface area (Å²) >= 11 is 0. The van der Waals surface area contributed by atoms with Gasteiger partial charge in [-0.1, -0.05) is 0 Å². The second-order valence-electron chi connectivity index (χ2n) is 9.51. The third kappa shape index (κ3) is 5.80. The monoisotopic (exact) mass is 413 g/mol. The van der Waals surface area contributed by atoms with Crippen molar-refractivity contribution in [2.75, 3.05) is 59.4 Å². The minimum absolute atomic E-state index is 0.192. The van der Waals surface area contributed by atoms with Crippen molar-refractivity contribution < 1.29 is 4.79 Å². The van der Waals surface area contributed by atoms with Crippen LogP contribution < -0.4 is 0 Å². The largest absolute Gasteiger partial charge is 0.344 e. The Morgan fingerprint density at radius 3 is 2.47 bits per heavy atom. The Hall–Kier alpha value is -1.50. The van der Waals surface area contributed by atoms with Crippen LogP contribution in [0, 0.1) is 5.92 Å². The van der Waals surface area contributed by atoms with E-state index in [4.69, 9.17) is 0 Å². The lowest BCUT2D eigenvalue weighted by molar-refractivity contribution is -0.136. The molecule has 0 bridgehead atoms. The second kappa shape index (κ2) is 10.7. The van der Waals surface area contributed by atoms with Crippen molar-refractivity contribution in [2.24, 2.45) is 5.92 Å². The smallest absolute Gasteiger partial charge is 0.226 e. The minimum Gasteiger partial charge on any atom is -0.344 e. The molecule has 3 aliphatic heterocycles. The molecule has 1 amide bonds. The number of hydrogen-bond donors (Lipinski definition) is 0. The number of likely N-dealkylation sites (tertiary alicyclic amines) is 3. The standard InChI is InChI=1S/C24H39N5O/c1-26(17-18-27-12-2-3-13-27)24(30)22-5-4-14-29(20-22)23-8-15-28(16-9-23)19-21-6-10-25-11-7-21/h6-7,10-11,22-23H,2-5,8-9,12-20H2,1H3/t22-/m0/s1. The van der Waals surface area contributed by atoms with Crippen LogP contribution in [0.3, 0.4) is 0 Å². The quantitative estimate of drug-likeness (QED) is 0.686.